The molecule has 0 aliphatic carbocycles. The Morgan fingerprint density at radius 2 is 0.489 bits per heavy atom. The van der Waals surface area contributed by atoms with Gasteiger partial charge in [0.15, 0.2) is 0 Å². The van der Waals surface area contributed by atoms with Crippen LogP contribution >= 0.6 is 11.8 Å². The molecule has 0 bridgehead atoms. The van der Waals surface area contributed by atoms with Gasteiger partial charge in [-0.15, -0.1) is 0 Å². The average Bonchev–Trinajstić information content (AvgIpc) is 3.14. The molecule has 0 radical (unpaired) electrons. The Kier molecular flexibility index (Phi) is 10.4. The van der Waals surface area contributed by atoms with Gasteiger partial charge in [0, 0.05) is 43.9 Å². The van der Waals surface area contributed by atoms with Gasteiger partial charge in [-0.25, -0.2) is 0 Å². The van der Waals surface area contributed by atoms with Crippen LogP contribution in [0.2, 0.25) is 0 Å². The van der Waals surface area contributed by atoms with Crippen LogP contribution in [0.5, 0.6) is 0 Å². The Morgan fingerprint density at radius 3 is 0.681 bits per heavy atom. The molecule has 0 aliphatic heterocycles. The maximum absolute atomic E-state index is 2.34. The minimum Gasteiger partial charge on any atom is -0.311 e. The van der Waals surface area contributed by atoms with Crippen molar-refractivity contribution in [3.05, 3.63) is 168 Å². The Bertz CT molecular complexity index is 1610. The summed E-state index contributed by atoms with van der Waals surface area (Å²) in [5, 5.41) is 0. The maximum Gasteiger partial charge on any atom is 0.0462 e. The Morgan fingerprint density at radius 1 is 0.298 bits per heavy atom. The molecule has 47 heavy (non-hydrogen) atoms. The van der Waals surface area contributed by atoms with E-state index >= 15 is 0 Å². The molecular formula is C44H44N2S. The zero-order valence-corrected chi connectivity index (χ0v) is 28.8. The molecule has 0 aliphatic rings. The standard InChI is InChI=1S/C44H44N2S/c1-5-33-9-17-37(18-10-33)45(38-19-11-34(6-2)12-20-38)41-25-29-43(30-26-41)47-44-31-27-42(28-32-44)46(39-21-13-35(7-3)14-22-39)40-23-15-36(8-4)16-24-40/h9-32H,5-8H2,1-4H3. The molecule has 3 heteroatoms. The van der Waals surface area contributed by atoms with Crippen molar-refractivity contribution in [2.24, 2.45) is 0 Å². The molecule has 0 amide bonds. The van der Waals surface area contributed by atoms with Crippen LogP contribution in [0.25, 0.3) is 0 Å². The van der Waals surface area contributed by atoms with Crippen molar-refractivity contribution >= 4 is 45.9 Å². The van der Waals surface area contributed by atoms with Crippen molar-refractivity contribution in [3.63, 3.8) is 0 Å². The third-order valence-corrected chi connectivity index (χ3v) is 9.85. The summed E-state index contributed by atoms with van der Waals surface area (Å²) in [6.07, 6.45) is 4.14. The topological polar surface area (TPSA) is 6.48 Å². The summed E-state index contributed by atoms with van der Waals surface area (Å²) in [5.74, 6) is 0. The SMILES string of the molecule is CCc1ccc(N(c2ccc(CC)cc2)c2ccc(Sc3ccc(N(c4ccc(CC)cc4)c4ccc(CC)cc4)cc3)cc2)cc1. The molecule has 0 spiro atoms. The van der Waals surface area contributed by atoms with Crippen LogP contribution in [-0.2, 0) is 25.7 Å². The van der Waals surface area contributed by atoms with E-state index in [0.29, 0.717) is 0 Å². The quantitative estimate of drug-likeness (QED) is 0.133. The molecule has 0 heterocycles. The summed E-state index contributed by atoms with van der Waals surface area (Å²) < 4.78 is 0. The third-order valence-electron chi connectivity index (χ3n) is 8.84. The lowest BCUT2D eigenvalue weighted by Crippen LogP contribution is -2.10. The molecular weight excluding hydrogens is 589 g/mol. The van der Waals surface area contributed by atoms with E-state index in [1.807, 2.05) is 0 Å². The number of hydrogen-bond donors (Lipinski definition) is 0. The third kappa shape index (κ3) is 7.64. The van der Waals surface area contributed by atoms with Gasteiger partial charge in [0.05, 0.1) is 0 Å². The summed E-state index contributed by atoms with van der Waals surface area (Å²) in [5.41, 5.74) is 12.4. The van der Waals surface area contributed by atoms with Crippen molar-refractivity contribution in [1.29, 1.82) is 0 Å². The fourth-order valence-electron chi connectivity index (χ4n) is 5.88. The molecule has 0 aromatic heterocycles. The Balaban J connectivity index is 1.24. The first-order valence-electron chi connectivity index (χ1n) is 16.9. The zero-order valence-electron chi connectivity index (χ0n) is 28.0. The normalized spacial score (nSPS) is 11.0. The zero-order chi connectivity index (χ0) is 32.6. The van der Waals surface area contributed by atoms with Crippen LogP contribution in [0.3, 0.4) is 0 Å². The lowest BCUT2D eigenvalue weighted by Gasteiger charge is -2.26. The van der Waals surface area contributed by atoms with Gasteiger partial charge in [-0.05, 0) is 145 Å². The molecule has 0 atom stereocenters. The first kappa shape index (κ1) is 32.2. The van der Waals surface area contributed by atoms with E-state index < -0.39 is 0 Å². The Labute approximate surface area is 285 Å². The predicted molar refractivity (Wildman–Crippen MR) is 204 cm³/mol. The predicted octanol–water partition coefficient (Wildman–Crippen LogP) is 13.0. The molecule has 0 saturated carbocycles. The second kappa shape index (κ2) is 15.2. The van der Waals surface area contributed by atoms with Crippen molar-refractivity contribution < 1.29 is 0 Å². The highest BCUT2D eigenvalue weighted by Gasteiger charge is 2.15. The van der Waals surface area contributed by atoms with Crippen LogP contribution in [0.1, 0.15) is 49.9 Å². The summed E-state index contributed by atoms with van der Waals surface area (Å²) in [4.78, 5) is 7.12. The van der Waals surface area contributed by atoms with E-state index in [-0.39, 0.29) is 0 Å². The highest BCUT2D eigenvalue weighted by molar-refractivity contribution is 7.99. The van der Waals surface area contributed by atoms with E-state index in [4.69, 9.17) is 0 Å². The minimum atomic E-state index is 1.04. The molecule has 0 unspecified atom stereocenters. The van der Waals surface area contributed by atoms with E-state index in [2.05, 4.69) is 183 Å². The monoisotopic (exact) mass is 632 g/mol. The lowest BCUT2D eigenvalue weighted by atomic mass is 10.1. The second-order valence-corrected chi connectivity index (χ2v) is 13.0. The molecule has 0 N–H and O–H groups in total. The first-order chi connectivity index (χ1) is 23.1. The van der Waals surface area contributed by atoms with Gasteiger partial charge in [0.2, 0.25) is 0 Å². The van der Waals surface area contributed by atoms with Crippen molar-refractivity contribution in [2.45, 2.75) is 63.2 Å². The molecule has 0 fully saturated rings. The fourth-order valence-corrected chi connectivity index (χ4v) is 6.70. The minimum absolute atomic E-state index is 1.04. The molecule has 6 aromatic carbocycles. The van der Waals surface area contributed by atoms with E-state index in [0.717, 1.165) is 37.1 Å². The van der Waals surface area contributed by atoms with Crippen molar-refractivity contribution in [1.82, 2.24) is 0 Å². The van der Waals surface area contributed by atoms with Gasteiger partial charge >= 0.3 is 0 Å². The largest absolute Gasteiger partial charge is 0.311 e. The van der Waals surface area contributed by atoms with Gasteiger partial charge in [-0.2, -0.15) is 0 Å². The number of aryl methyl sites for hydroxylation is 4. The lowest BCUT2D eigenvalue weighted by molar-refractivity contribution is 1.13. The Hall–Kier alpha value is -4.73. The fraction of sp³-hybridized carbons (Fsp3) is 0.182. The van der Waals surface area contributed by atoms with Crippen LogP contribution < -0.4 is 9.80 Å². The first-order valence-corrected chi connectivity index (χ1v) is 17.7. The van der Waals surface area contributed by atoms with E-state index in [1.165, 1.54) is 54.8 Å². The highest BCUT2D eigenvalue weighted by atomic mass is 32.2. The van der Waals surface area contributed by atoms with Gasteiger partial charge < -0.3 is 9.80 Å². The van der Waals surface area contributed by atoms with Crippen LogP contribution in [0.15, 0.2) is 155 Å². The molecule has 0 saturated heterocycles. The smallest absolute Gasteiger partial charge is 0.0462 e. The average molecular weight is 633 g/mol. The van der Waals surface area contributed by atoms with Gasteiger partial charge in [0.1, 0.15) is 0 Å². The molecule has 6 aromatic rings. The van der Waals surface area contributed by atoms with Gasteiger partial charge in [-0.3, -0.25) is 0 Å². The highest BCUT2D eigenvalue weighted by Crippen LogP contribution is 2.39. The number of anilines is 6. The number of hydrogen-bond acceptors (Lipinski definition) is 3. The summed E-state index contributed by atoms with van der Waals surface area (Å²) in [6, 6.07) is 53.6. The van der Waals surface area contributed by atoms with Crippen LogP contribution in [-0.4, -0.2) is 0 Å². The van der Waals surface area contributed by atoms with Crippen molar-refractivity contribution in [2.75, 3.05) is 9.80 Å². The summed E-state index contributed by atoms with van der Waals surface area (Å²) in [6.45, 7) is 8.80. The van der Waals surface area contributed by atoms with Gasteiger partial charge in [0.25, 0.3) is 0 Å². The molecule has 2 nitrogen and oxygen atoms in total. The number of nitrogens with zero attached hydrogens (tertiary/aromatic N) is 2. The molecule has 236 valence electrons. The van der Waals surface area contributed by atoms with E-state index in [1.54, 1.807) is 11.8 Å². The maximum atomic E-state index is 2.34. The molecule has 6 rings (SSSR count). The summed E-state index contributed by atoms with van der Waals surface area (Å²) in [7, 11) is 0. The number of benzene rings is 6. The van der Waals surface area contributed by atoms with Gasteiger partial charge in [-0.1, -0.05) is 88.0 Å². The van der Waals surface area contributed by atoms with Crippen LogP contribution in [0.4, 0.5) is 34.1 Å². The van der Waals surface area contributed by atoms with Crippen molar-refractivity contribution in [3.8, 4) is 0 Å². The summed E-state index contributed by atoms with van der Waals surface area (Å²) >= 11 is 1.79. The van der Waals surface area contributed by atoms with E-state index in [9.17, 15) is 0 Å². The number of rotatable bonds is 12. The second-order valence-electron chi connectivity index (χ2n) is 11.8. The van der Waals surface area contributed by atoms with Crippen LogP contribution in [0, 0.1) is 0 Å².